The van der Waals surface area contributed by atoms with Crippen molar-refractivity contribution in [1.82, 2.24) is 10.2 Å². The van der Waals surface area contributed by atoms with Crippen LogP contribution in [0.2, 0.25) is 0 Å². The predicted molar refractivity (Wildman–Crippen MR) is 101 cm³/mol. The van der Waals surface area contributed by atoms with Crippen LogP contribution in [-0.2, 0) is 17.6 Å². The Bertz CT molecular complexity index is 973. The highest BCUT2D eigenvalue weighted by atomic mass is 32.1. The van der Waals surface area contributed by atoms with Crippen molar-refractivity contribution in [2.24, 2.45) is 0 Å². The zero-order chi connectivity index (χ0) is 19.2. The minimum absolute atomic E-state index is 0.0817. The number of rotatable bonds is 7. The van der Waals surface area contributed by atoms with Crippen LogP contribution < -0.4 is 10.1 Å². The summed E-state index contributed by atoms with van der Waals surface area (Å²) in [7, 11) is 1.60. The number of nitrogens with one attached hydrogen (secondary N) is 1. The summed E-state index contributed by atoms with van der Waals surface area (Å²) in [6, 6.07) is 13.8. The second-order valence-corrected chi connectivity index (χ2v) is 6.66. The van der Waals surface area contributed by atoms with E-state index in [2.05, 4.69) is 15.5 Å². The van der Waals surface area contributed by atoms with Crippen LogP contribution >= 0.6 is 11.3 Å². The molecule has 0 aliphatic rings. The zero-order valence-electron chi connectivity index (χ0n) is 14.4. The van der Waals surface area contributed by atoms with E-state index in [1.807, 2.05) is 24.3 Å². The molecule has 8 nitrogen and oxygen atoms in total. The summed E-state index contributed by atoms with van der Waals surface area (Å²) in [5.74, 6) is 0.374. The van der Waals surface area contributed by atoms with Crippen LogP contribution in [0.25, 0.3) is 0 Å². The number of aromatic nitrogens is 2. The van der Waals surface area contributed by atoms with Crippen LogP contribution in [0.1, 0.15) is 16.1 Å². The molecule has 3 aromatic rings. The molecule has 27 heavy (non-hydrogen) atoms. The second kappa shape index (κ2) is 8.37. The van der Waals surface area contributed by atoms with Crippen LogP contribution in [0.3, 0.4) is 0 Å². The lowest BCUT2D eigenvalue weighted by Gasteiger charge is -2.05. The van der Waals surface area contributed by atoms with Gasteiger partial charge in [0, 0.05) is 23.6 Å². The Labute approximate surface area is 159 Å². The summed E-state index contributed by atoms with van der Waals surface area (Å²) >= 11 is 1.25. The molecule has 0 atom stereocenters. The first-order valence-corrected chi connectivity index (χ1v) is 8.85. The molecular formula is C18H16N4O4S. The Kier molecular flexibility index (Phi) is 5.72. The number of para-hydroxylation sites is 2. The van der Waals surface area contributed by atoms with Gasteiger partial charge in [0.05, 0.1) is 18.5 Å². The fourth-order valence-electron chi connectivity index (χ4n) is 2.56. The quantitative estimate of drug-likeness (QED) is 0.495. The molecular weight excluding hydrogens is 368 g/mol. The number of methoxy groups -OCH3 is 1. The first-order chi connectivity index (χ1) is 13.1. The molecule has 0 fully saturated rings. The number of hydrogen-bond donors (Lipinski definition) is 1. The normalized spacial score (nSPS) is 10.4. The van der Waals surface area contributed by atoms with Crippen LogP contribution in [0, 0.1) is 10.1 Å². The average molecular weight is 384 g/mol. The van der Waals surface area contributed by atoms with Gasteiger partial charge in [0.15, 0.2) is 0 Å². The van der Waals surface area contributed by atoms with E-state index in [1.165, 1.54) is 17.4 Å². The standard InChI is InChI=1S/C18H16N4O4S/c1-26-15-9-5-3-7-13(15)11-17-20-21-18(27-17)19-16(23)10-12-6-2-4-8-14(12)22(24)25/h2-9H,10-11H2,1H3,(H,19,21,23). The van der Waals surface area contributed by atoms with Gasteiger partial charge in [-0.15, -0.1) is 10.2 Å². The minimum Gasteiger partial charge on any atom is -0.496 e. The maximum Gasteiger partial charge on any atom is 0.273 e. The van der Waals surface area contributed by atoms with Gasteiger partial charge in [0.25, 0.3) is 5.69 Å². The summed E-state index contributed by atoms with van der Waals surface area (Å²) in [5.41, 5.74) is 1.23. The van der Waals surface area contributed by atoms with E-state index in [0.717, 1.165) is 16.3 Å². The molecule has 9 heteroatoms. The number of benzene rings is 2. The molecule has 0 saturated carbocycles. The van der Waals surface area contributed by atoms with E-state index in [4.69, 9.17) is 4.74 Å². The molecule has 0 radical (unpaired) electrons. The van der Waals surface area contributed by atoms with Crippen LogP contribution in [0.5, 0.6) is 5.75 Å². The third kappa shape index (κ3) is 4.64. The van der Waals surface area contributed by atoms with Gasteiger partial charge < -0.3 is 10.1 Å². The van der Waals surface area contributed by atoms with E-state index >= 15 is 0 Å². The monoisotopic (exact) mass is 384 g/mol. The van der Waals surface area contributed by atoms with Gasteiger partial charge in [-0.25, -0.2) is 0 Å². The number of carbonyl (C=O) groups excluding carboxylic acids is 1. The average Bonchev–Trinajstić information content (AvgIpc) is 3.09. The molecule has 0 bridgehead atoms. The fourth-order valence-corrected chi connectivity index (χ4v) is 3.34. The van der Waals surface area contributed by atoms with Gasteiger partial charge in [0.1, 0.15) is 10.8 Å². The molecule has 1 N–H and O–H groups in total. The number of nitrogens with zero attached hydrogens (tertiary/aromatic N) is 3. The van der Waals surface area contributed by atoms with Crippen LogP contribution in [0.4, 0.5) is 10.8 Å². The SMILES string of the molecule is COc1ccccc1Cc1nnc(NC(=O)Cc2ccccc2[N+](=O)[O-])s1. The van der Waals surface area contributed by atoms with E-state index in [1.54, 1.807) is 25.3 Å². The maximum atomic E-state index is 12.2. The van der Waals surface area contributed by atoms with Crippen molar-refractivity contribution in [3.63, 3.8) is 0 Å². The van der Waals surface area contributed by atoms with Crippen LogP contribution in [-0.4, -0.2) is 28.1 Å². The third-order valence-corrected chi connectivity index (χ3v) is 4.63. The number of nitro groups is 1. The van der Waals surface area contributed by atoms with Gasteiger partial charge in [-0.1, -0.05) is 47.7 Å². The lowest BCUT2D eigenvalue weighted by molar-refractivity contribution is -0.385. The molecule has 0 unspecified atom stereocenters. The van der Waals surface area contributed by atoms with Crippen molar-refractivity contribution < 1.29 is 14.5 Å². The van der Waals surface area contributed by atoms with Crippen LogP contribution in [0.15, 0.2) is 48.5 Å². The van der Waals surface area contributed by atoms with Crippen molar-refractivity contribution >= 4 is 28.1 Å². The molecule has 0 saturated heterocycles. The molecule has 138 valence electrons. The Hall–Kier alpha value is -3.33. The molecule has 0 spiro atoms. The van der Waals surface area contributed by atoms with Crippen molar-refractivity contribution in [3.05, 3.63) is 74.8 Å². The number of carbonyl (C=O) groups is 1. The Morgan fingerprint density at radius 2 is 1.85 bits per heavy atom. The molecule has 1 heterocycles. The van der Waals surface area contributed by atoms with Gasteiger partial charge in [0.2, 0.25) is 11.0 Å². The van der Waals surface area contributed by atoms with Crippen molar-refractivity contribution in [2.75, 3.05) is 12.4 Å². The van der Waals surface area contributed by atoms with Crippen molar-refractivity contribution in [2.45, 2.75) is 12.8 Å². The summed E-state index contributed by atoms with van der Waals surface area (Å²) in [4.78, 5) is 22.7. The molecule has 0 aliphatic carbocycles. The summed E-state index contributed by atoms with van der Waals surface area (Å²) in [6.45, 7) is 0. The lowest BCUT2D eigenvalue weighted by atomic mass is 10.1. The van der Waals surface area contributed by atoms with Crippen molar-refractivity contribution in [3.8, 4) is 5.75 Å². The number of nitro benzene ring substituents is 1. The van der Waals surface area contributed by atoms with Gasteiger partial charge >= 0.3 is 0 Å². The van der Waals surface area contributed by atoms with Gasteiger partial charge in [-0.3, -0.25) is 14.9 Å². The lowest BCUT2D eigenvalue weighted by Crippen LogP contribution is -2.15. The fraction of sp³-hybridized carbons (Fsp3) is 0.167. The molecule has 1 amide bonds. The Balaban J connectivity index is 1.66. The van der Waals surface area contributed by atoms with E-state index < -0.39 is 4.92 Å². The first-order valence-electron chi connectivity index (χ1n) is 8.03. The molecule has 1 aromatic heterocycles. The third-order valence-electron chi connectivity index (χ3n) is 3.79. The number of hydrogen-bond acceptors (Lipinski definition) is 7. The summed E-state index contributed by atoms with van der Waals surface area (Å²) in [5, 5.41) is 22.8. The van der Waals surface area contributed by atoms with Gasteiger partial charge in [-0.05, 0) is 6.07 Å². The Morgan fingerprint density at radius 1 is 1.15 bits per heavy atom. The second-order valence-electron chi connectivity index (χ2n) is 5.60. The maximum absolute atomic E-state index is 12.2. The van der Waals surface area contributed by atoms with E-state index in [-0.39, 0.29) is 18.0 Å². The number of anilines is 1. The minimum atomic E-state index is -0.501. The molecule has 2 aromatic carbocycles. The van der Waals surface area contributed by atoms with E-state index in [0.29, 0.717) is 17.1 Å². The first kappa shape index (κ1) is 18.5. The highest BCUT2D eigenvalue weighted by Crippen LogP contribution is 2.24. The topological polar surface area (TPSA) is 107 Å². The number of ether oxygens (including phenoxy) is 1. The Morgan fingerprint density at radius 3 is 2.59 bits per heavy atom. The molecule has 0 aliphatic heterocycles. The predicted octanol–water partition coefficient (Wildman–Crippen LogP) is 3.23. The van der Waals surface area contributed by atoms with Gasteiger partial charge in [-0.2, -0.15) is 0 Å². The number of amides is 1. The van der Waals surface area contributed by atoms with Crippen molar-refractivity contribution in [1.29, 1.82) is 0 Å². The molecule has 3 rings (SSSR count). The summed E-state index contributed by atoms with van der Waals surface area (Å²) < 4.78 is 5.32. The largest absolute Gasteiger partial charge is 0.496 e. The summed E-state index contributed by atoms with van der Waals surface area (Å²) in [6.07, 6.45) is 0.417. The smallest absolute Gasteiger partial charge is 0.273 e. The zero-order valence-corrected chi connectivity index (χ0v) is 15.2. The highest BCUT2D eigenvalue weighted by Gasteiger charge is 2.17. The highest BCUT2D eigenvalue weighted by molar-refractivity contribution is 7.15. The van der Waals surface area contributed by atoms with E-state index in [9.17, 15) is 14.9 Å².